The minimum absolute atomic E-state index is 0.202. The first-order valence-corrected chi connectivity index (χ1v) is 9.55. The summed E-state index contributed by atoms with van der Waals surface area (Å²) in [5, 5.41) is 3.93. The van der Waals surface area contributed by atoms with E-state index in [1.807, 2.05) is 21.7 Å². The van der Waals surface area contributed by atoms with Gasteiger partial charge in [-0.15, -0.1) is 0 Å². The number of hydrogen-bond acceptors (Lipinski definition) is 4. The summed E-state index contributed by atoms with van der Waals surface area (Å²) in [7, 11) is 1.80. The molecule has 0 bridgehead atoms. The Kier molecular flexibility index (Phi) is 5.09. The van der Waals surface area contributed by atoms with Crippen LogP contribution >= 0.6 is 11.3 Å². The van der Waals surface area contributed by atoms with Crippen LogP contribution in [0.25, 0.3) is 0 Å². The number of piperidine rings is 1. The number of carbonyl (C=O) groups is 1. The number of likely N-dealkylation sites (tertiary alicyclic amines) is 2. The lowest BCUT2D eigenvalue weighted by Gasteiger charge is -2.39. The van der Waals surface area contributed by atoms with E-state index in [2.05, 4.69) is 18.7 Å². The van der Waals surface area contributed by atoms with Gasteiger partial charge in [0.05, 0.1) is 12.2 Å². The molecule has 1 aromatic heterocycles. The zero-order chi connectivity index (χ0) is 16.4. The summed E-state index contributed by atoms with van der Waals surface area (Å²) in [6.07, 6.45) is 3.44. The van der Waals surface area contributed by atoms with E-state index in [0.717, 1.165) is 44.6 Å². The van der Waals surface area contributed by atoms with Gasteiger partial charge in [0, 0.05) is 44.2 Å². The highest BCUT2D eigenvalue weighted by Gasteiger charge is 2.46. The SMILES string of the molecule is COC[C@H]1CC2(CCN(C(=O)c3ccsc3)CC2)CN1C(C)C. The third-order valence-electron chi connectivity index (χ3n) is 5.56. The van der Waals surface area contributed by atoms with E-state index in [9.17, 15) is 4.79 Å². The van der Waals surface area contributed by atoms with Gasteiger partial charge in [-0.1, -0.05) is 0 Å². The molecule has 1 aromatic rings. The van der Waals surface area contributed by atoms with Crippen LogP contribution in [0.2, 0.25) is 0 Å². The Hall–Kier alpha value is -0.910. The van der Waals surface area contributed by atoms with Crippen molar-refractivity contribution in [1.29, 1.82) is 0 Å². The van der Waals surface area contributed by atoms with Crippen molar-refractivity contribution in [3.63, 3.8) is 0 Å². The summed E-state index contributed by atoms with van der Waals surface area (Å²) < 4.78 is 5.44. The lowest BCUT2D eigenvalue weighted by Crippen LogP contribution is -2.44. The van der Waals surface area contributed by atoms with Gasteiger partial charge in [0.25, 0.3) is 5.91 Å². The fourth-order valence-electron chi connectivity index (χ4n) is 4.26. The number of amides is 1. The minimum Gasteiger partial charge on any atom is -0.383 e. The molecule has 1 spiro atoms. The second kappa shape index (κ2) is 6.91. The number of ether oxygens (including phenoxy) is 1. The summed E-state index contributed by atoms with van der Waals surface area (Å²) in [4.78, 5) is 17.1. The first-order chi connectivity index (χ1) is 11.0. The number of nitrogens with zero attached hydrogens (tertiary/aromatic N) is 2. The topological polar surface area (TPSA) is 32.8 Å². The maximum Gasteiger partial charge on any atom is 0.254 e. The van der Waals surface area contributed by atoms with E-state index >= 15 is 0 Å². The van der Waals surface area contributed by atoms with Crippen LogP contribution in [0.15, 0.2) is 16.8 Å². The molecule has 2 saturated heterocycles. The van der Waals surface area contributed by atoms with E-state index in [-0.39, 0.29) is 5.91 Å². The van der Waals surface area contributed by atoms with Crippen molar-refractivity contribution in [3.8, 4) is 0 Å². The van der Waals surface area contributed by atoms with E-state index < -0.39 is 0 Å². The average molecular weight is 337 g/mol. The van der Waals surface area contributed by atoms with Crippen molar-refractivity contribution in [2.24, 2.45) is 5.41 Å². The first-order valence-electron chi connectivity index (χ1n) is 8.61. The smallest absolute Gasteiger partial charge is 0.254 e. The highest BCUT2D eigenvalue weighted by molar-refractivity contribution is 7.08. The monoisotopic (exact) mass is 336 g/mol. The van der Waals surface area contributed by atoms with Gasteiger partial charge in [0.15, 0.2) is 0 Å². The number of thiophene rings is 1. The van der Waals surface area contributed by atoms with Crippen LogP contribution in [-0.4, -0.2) is 61.1 Å². The number of hydrogen-bond donors (Lipinski definition) is 0. The Morgan fingerprint density at radius 2 is 2.17 bits per heavy atom. The molecule has 1 amide bonds. The standard InChI is InChI=1S/C18H28N2O2S/c1-14(2)20-13-18(10-16(20)11-22-3)5-7-19(8-6-18)17(21)15-4-9-23-12-15/h4,9,12,14,16H,5-8,10-11,13H2,1-3H3/t16-/m1/s1. The zero-order valence-electron chi connectivity index (χ0n) is 14.5. The largest absolute Gasteiger partial charge is 0.383 e. The molecular formula is C18H28N2O2S. The molecule has 1 atom stereocenters. The molecule has 2 aliphatic rings. The van der Waals surface area contributed by atoms with Crippen LogP contribution in [0.1, 0.15) is 43.5 Å². The predicted molar refractivity (Wildman–Crippen MR) is 94.0 cm³/mol. The van der Waals surface area contributed by atoms with Gasteiger partial charge in [0.1, 0.15) is 0 Å². The van der Waals surface area contributed by atoms with Crippen LogP contribution in [-0.2, 0) is 4.74 Å². The van der Waals surface area contributed by atoms with Crippen molar-refractivity contribution < 1.29 is 9.53 Å². The lowest BCUT2D eigenvalue weighted by molar-refractivity contribution is 0.0582. The third-order valence-corrected chi connectivity index (χ3v) is 6.24. The van der Waals surface area contributed by atoms with E-state index in [0.29, 0.717) is 17.5 Å². The van der Waals surface area contributed by atoms with E-state index in [4.69, 9.17) is 4.74 Å². The Balaban J connectivity index is 1.63. The lowest BCUT2D eigenvalue weighted by atomic mass is 9.76. The Labute approximate surface area is 143 Å². The van der Waals surface area contributed by atoms with Crippen molar-refractivity contribution in [3.05, 3.63) is 22.4 Å². The molecule has 2 aliphatic heterocycles. The fourth-order valence-corrected chi connectivity index (χ4v) is 4.89. The van der Waals surface area contributed by atoms with Crippen molar-refractivity contribution in [2.45, 2.75) is 45.2 Å². The van der Waals surface area contributed by atoms with Gasteiger partial charge < -0.3 is 9.64 Å². The highest BCUT2D eigenvalue weighted by Crippen LogP contribution is 2.44. The van der Waals surface area contributed by atoms with Crippen LogP contribution < -0.4 is 0 Å². The molecule has 4 nitrogen and oxygen atoms in total. The predicted octanol–water partition coefficient (Wildman–Crippen LogP) is 3.10. The van der Waals surface area contributed by atoms with E-state index in [1.54, 1.807) is 18.4 Å². The van der Waals surface area contributed by atoms with Gasteiger partial charge in [-0.3, -0.25) is 9.69 Å². The molecule has 5 heteroatoms. The summed E-state index contributed by atoms with van der Waals surface area (Å²) in [6, 6.07) is 3.02. The Bertz CT molecular complexity index is 521. The summed E-state index contributed by atoms with van der Waals surface area (Å²) in [5.74, 6) is 0.202. The van der Waals surface area contributed by atoms with Crippen LogP contribution in [0.3, 0.4) is 0 Å². The second-order valence-corrected chi connectivity index (χ2v) is 8.16. The van der Waals surface area contributed by atoms with Gasteiger partial charge in [-0.25, -0.2) is 0 Å². The molecule has 0 radical (unpaired) electrons. The first kappa shape index (κ1) is 16.9. The van der Waals surface area contributed by atoms with Crippen molar-refractivity contribution >= 4 is 17.2 Å². The van der Waals surface area contributed by atoms with Crippen molar-refractivity contribution in [2.75, 3.05) is 33.4 Å². The molecule has 0 unspecified atom stereocenters. The molecule has 0 aliphatic carbocycles. The minimum atomic E-state index is 0.202. The van der Waals surface area contributed by atoms with Crippen LogP contribution in [0, 0.1) is 5.41 Å². The molecule has 0 aromatic carbocycles. The molecule has 0 N–H and O–H groups in total. The third kappa shape index (κ3) is 3.47. The Morgan fingerprint density at radius 3 is 2.74 bits per heavy atom. The molecule has 2 fully saturated rings. The number of methoxy groups -OCH3 is 1. The summed E-state index contributed by atoms with van der Waals surface area (Å²) >= 11 is 1.59. The molecule has 128 valence electrons. The maximum atomic E-state index is 12.5. The van der Waals surface area contributed by atoms with Crippen LogP contribution in [0.5, 0.6) is 0 Å². The van der Waals surface area contributed by atoms with Gasteiger partial charge in [0.2, 0.25) is 0 Å². The Morgan fingerprint density at radius 1 is 1.43 bits per heavy atom. The van der Waals surface area contributed by atoms with Crippen LogP contribution in [0.4, 0.5) is 0 Å². The van der Waals surface area contributed by atoms with Gasteiger partial charge in [-0.05, 0) is 50.0 Å². The maximum absolute atomic E-state index is 12.5. The molecule has 0 saturated carbocycles. The molecule has 3 heterocycles. The van der Waals surface area contributed by atoms with E-state index in [1.165, 1.54) is 6.42 Å². The van der Waals surface area contributed by atoms with Crippen molar-refractivity contribution in [1.82, 2.24) is 9.80 Å². The fraction of sp³-hybridized carbons (Fsp3) is 0.722. The zero-order valence-corrected chi connectivity index (χ0v) is 15.3. The normalized spacial score (nSPS) is 24.7. The average Bonchev–Trinajstić information content (AvgIpc) is 3.17. The number of rotatable bonds is 4. The molecule has 3 rings (SSSR count). The highest BCUT2D eigenvalue weighted by atomic mass is 32.1. The summed E-state index contributed by atoms with van der Waals surface area (Å²) in [5.41, 5.74) is 1.22. The molecular weight excluding hydrogens is 308 g/mol. The number of carbonyl (C=O) groups excluding carboxylic acids is 1. The molecule has 23 heavy (non-hydrogen) atoms. The van der Waals surface area contributed by atoms with Gasteiger partial charge >= 0.3 is 0 Å². The summed E-state index contributed by atoms with van der Waals surface area (Å²) in [6.45, 7) is 8.30. The second-order valence-electron chi connectivity index (χ2n) is 7.38. The quantitative estimate of drug-likeness (QED) is 0.847. The van der Waals surface area contributed by atoms with Gasteiger partial charge in [-0.2, -0.15) is 11.3 Å².